The summed E-state index contributed by atoms with van der Waals surface area (Å²) in [6.45, 7) is -13.9. The number of esters is 1. The number of hydrogen-bond acceptors (Lipinski definition) is 6. The number of likely N-dealkylation sites (N-methyl/N-ethyl adjacent to an activating group) is 2. The van der Waals surface area contributed by atoms with E-state index in [1.54, 1.807) is 18.2 Å². The van der Waals surface area contributed by atoms with Crippen LogP contribution in [0.15, 0.2) is 72.6 Å². The lowest BCUT2D eigenvalue weighted by atomic mass is 9.90. The summed E-state index contributed by atoms with van der Waals surface area (Å²) in [4.78, 5) is 40.5. The molecular formula is C33H36N4O4. The zero-order valence-corrected chi connectivity index (χ0v) is 22.3. The van der Waals surface area contributed by atoms with Crippen LogP contribution in [-0.2, 0) is 20.7 Å². The van der Waals surface area contributed by atoms with E-state index in [4.69, 9.17) is 23.3 Å². The van der Waals surface area contributed by atoms with Crippen molar-refractivity contribution in [3.63, 3.8) is 0 Å². The van der Waals surface area contributed by atoms with E-state index in [0.29, 0.717) is 4.90 Å². The van der Waals surface area contributed by atoms with E-state index in [-0.39, 0.29) is 37.8 Å². The summed E-state index contributed by atoms with van der Waals surface area (Å²) in [7, 11) is 1.97. The molecule has 3 aromatic rings. The summed E-state index contributed by atoms with van der Waals surface area (Å²) < 4.78 is 150. The van der Waals surface area contributed by atoms with Crippen LogP contribution in [0, 0.1) is 0 Å². The second kappa shape index (κ2) is 12.1. The smallest absolute Gasteiger partial charge is 0.337 e. The summed E-state index contributed by atoms with van der Waals surface area (Å²) in [6, 6.07) is -0.770. The van der Waals surface area contributed by atoms with Gasteiger partial charge in [-0.05, 0) is 61.3 Å². The highest BCUT2D eigenvalue weighted by molar-refractivity contribution is 6.37. The maximum atomic E-state index is 14.0. The molecule has 0 saturated carbocycles. The zero-order chi connectivity index (χ0) is 44.0. The van der Waals surface area contributed by atoms with Crippen molar-refractivity contribution in [3.8, 4) is 0 Å². The van der Waals surface area contributed by atoms with Crippen molar-refractivity contribution in [2.45, 2.75) is 19.4 Å². The van der Waals surface area contributed by atoms with Crippen molar-refractivity contribution in [2.24, 2.45) is 0 Å². The highest BCUT2D eigenvalue weighted by Gasteiger charge is 2.29. The number of allylic oxidation sites excluding steroid dienone is 1. The second-order valence-electron chi connectivity index (χ2n) is 8.96. The number of ether oxygens (including phenoxy) is 1. The van der Waals surface area contributed by atoms with Crippen LogP contribution in [0.1, 0.15) is 57.3 Å². The Hall–Kier alpha value is -4.27. The Balaban J connectivity index is 1.70. The molecule has 3 aromatic carbocycles. The van der Waals surface area contributed by atoms with Crippen LogP contribution in [0.5, 0.6) is 0 Å². The molecule has 0 bridgehead atoms. The standard InChI is InChI=1S/C33H36N4O4/c1-22-20-37(17-16-35(22)2)21-30(38)36(3)26-13-10-23(11-14-26)18-28(24-8-6-5-7-9-24)31-27-15-12-25(33(40)41-4)19-29(27)34-32(31)39/h5-15,19,22H,16-18,20-21H2,1-4H3,(H,34,39)/b31-28+/i3D3,10D,11D,12D,13D,14D,15D,16D2,17D2,19D,20D2,22D. The number of piperazine rings is 1. The van der Waals surface area contributed by atoms with Gasteiger partial charge in [0.15, 0.2) is 0 Å². The number of nitrogens with one attached hydrogen (secondary N) is 1. The molecule has 41 heavy (non-hydrogen) atoms. The first kappa shape index (κ1) is 14.1. The van der Waals surface area contributed by atoms with Gasteiger partial charge in [-0.25, -0.2) is 4.79 Å². The maximum absolute atomic E-state index is 14.0. The molecule has 1 atom stereocenters. The molecular weight excluding hydrogens is 516 g/mol. The van der Waals surface area contributed by atoms with Crippen molar-refractivity contribution in [3.05, 3.63) is 94.9 Å². The Morgan fingerprint density at radius 3 is 2.61 bits per heavy atom. The molecule has 0 radical (unpaired) electrons. The Kier molecular flexibility index (Phi) is 4.15. The van der Waals surface area contributed by atoms with Crippen molar-refractivity contribution < 1.29 is 42.4 Å². The molecule has 2 aliphatic rings. The second-order valence-corrected chi connectivity index (χ2v) is 8.96. The summed E-state index contributed by atoms with van der Waals surface area (Å²) in [5.74, 6) is -3.69. The van der Waals surface area contributed by atoms with Gasteiger partial charge in [0.05, 0.1) is 34.4 Å². The fraction of sp³-hybridized carbons (Fsp3) is 0.303. The van der Waals surface area contributed by atoms with Crippen LogP contribution in [0.4, 0.5) is 11.4 Å². The number of benzene rings is 3. The third kappa shape index (κ3) is 6.09. The monoisotopic (exact) mass is 569 g/mol. The number of rotatable bonds is 7. The first-order valence-electron chi connectivity index (χ1n) is 20.8. The van der Waals surface area contributed by atoms with Crippen LogP contribution in [-0.4, -0.2) is 80.8 Å². The Morgan fingerprint density at radius 1 is 1.15 bits per heavy atom. The number of nitrogens with zero attached hydrogens (tertiary/aromatic N) is 3. The van der Waals surface area contributed by atoms with Crippen LogP contribution in [0.3, 0.4) is 0 Å². The summed E-state index contributed by atoms with van der Waals surface area (Å²) in [5.41, 5.74) is -2.80. The molecule has 1 fully saturated rings. The molecule has 0 aromatic heterocycles. The summed E-state index contributed by atoms with van der Waals surface area (Å²) >= 11 is 0. The quantitative estimate of drug-likeness (QED) is 0.340. The van der Waals surface area contributed by atoms with Crippen LogP contribution in [0.25, 0.3) is 11.1 Å². The van der Waals surface area contributed by atoms with Crippen LogP contribution in [0.2, 0.25) is 0 Å². The third-order valence-electron chi connectivity index (χ3n) is 6.28. The van der Waals surface area contributed by atoms with E-state index in [2.05, 4.69) is 10.1 Å². The number of amides is 2. The highest BCUT2D eigenvalue weighted by Crippen LogP contribution is 2.39. The molecule has 2 aliphatic heterocycles. The minimum Gasteiger partial charge on any atom is -0.465 e. The predicted molar refractivity (Wildman–Crippen MR) is 162 cm³/mol. The SMILES string of the molecule is [2H]c1c([2H])c(N(C(=O)CN2C([2H])([2H])C([2H])([2H])N(C)C([2H])(C)C2([2H])[2H])C([2H])([2H])[2H])c([2H])c([2H])c1C/C(=C1\C(=O)Nc2c([2H])c(C(=O)OC)c([2H])c([2H])c21)c1ccccc1. The normalized spacial score (nSPS) is 30.2. The van der Waals surface area contributed by atoms with Crippen molar-refractivity contribution in [2.75, 3.05) is 57.4 Å². The molecule has 1 N–H and O–H groups in total. The number of hydrogen-bond donors (Lipinski definition) is 1. The number of carbonyl (C=O) groups excluding carboxylic acids is 3. The van der Waals surface area contributed by atoms with Gasteiger partial charge in [-0.2, -0.15) is 0 Å². The Labute approximate surface area is 265 Å². The first-order valence-corrected chi connectivity index (χ1v) is 12.3. The lowest BCUT2D eigenvalue weighted by Gasteiger charge is -2.37. The predicted octanol–water partition coefficient (Wildman–Crippen LogP) is 4.18. The first-order chi connectivity index (χ1) is 26.5. The molecule has 5 rings (SSSR count). The fourth-order valence-electron chi connectivity index (χ4n) is 4.08. The zero-order valence-electron chi connectivity index (χ0n) is 39.3. The van der Waals surface area contributed by atoms with Gasteiger partial charge in [0, 0.05) is 63.1 Å². The average Bonchev–Trinajstić information content (AvgIpc) is 3.49. The third-order valence-corrected chi connectivity index (χ3v) is 6.28. The fourth-order valence-corrected chi connectivity index (χ4v) is 4.08. The summed E-state index contributed by atoms with van der Waals surface area (Å²) in [6.07, 6.45) is -0.624. The van der Waals surface area contributed by atoms with E-state index in [1.807, 2.05) is 0 Å². The molecule has 1 saturated heterocycles. The maximum Gasteiger partial charge on any atom is 0.337 e. The van der Waals surface area contributed by atoms with Gasteiger partial charge in [0.1, 0.15) is 0 Å². The van der Waals surface area contributed by atoms with Crippen molar-refractivity contribution >= 4 is 40.3 Å². The van der Waals surface area contributed by atoms with Gasteiger partial charge in [-0.3, -0.25) is 14.5 Å². The number of methoxy groups -OCH3 is 1. The largest absolute Gasteiger partial charge is 0.465 e. The van der Waals surface area contributed by atoms with Gasteiger partial charge >= 0.3 is 5.97 Å². The lowest BCUT2D eigenvalue weighted by Crippen LogP contribution is -2.52. The van der Waals surface area contributed by atoms with Crippen LogP contribution < -0.4 is 10.2 Å². The van der Waals surface area contributed by atoms with E-state index in [0.717, 1.165) is 21.1 Å². The van der Waals surface area contributed by atoms with E-state index in [9.17, 15) is 14.4 Å². The topological polar surface area (TPSA) is 82.2 Å². The van der Waals surface area contributed by atoms with E-state index >= 15 is 0 Å². The minimum atomic E-state index is -3.61. The van der Waals surface area contributed by atoms with E-state index in [1.165, 1.54) is 12.1 Å². The van der Waals surface area contributed by atoms with Crippen molar-refractivity contribution in [1.82, 2.24) is 9.80 Å². The molecule has 0 spiro atoms. The van der Waals surface area contributed by atoms with Crippen molar-refractivity contribution in [1.29, 1.82) is 0 Å². The van der Waals surface area contributed by atoms with Crippen LogP contribution >= 0.6 is 0 Å². The molecule has 8 heteroatoms. The Morgan fingerprint density at radius 2 is 1.90 bits per heavy atom. The van der Waals surface area contributed by atoms with Gasteiger partial charge < -0.3 is 19.9 Å². The molecule has 0 aliphatic carbocycles. The van der Waals surface area contributed by atoms with E-state index < -0.39 is 122 Å². The highest BCUT2D eigenvalue weighted by atomic mass is 16.5. The van der Waals surface area contributed by atoms with Gasteiger partial charge in [0.25, 0.3) is 5.91 Å². The molecule has 8 nitrogen and oxygen atoms in total. The van der Waals surface area contributed by atoms with Gasteiger partial charge in [0.2, 0.25) is 5.91 Å². The number of fused-ring (bicyclic) bond motifs is 1. The molecule has 2 amide bonds. The molecule has 1 unspecified atom stereocenters. The molecule has 212 valence electrons. The molecule has 2 heterocycles. The number of anilines is 2. The summed E-state index contributed by atoms with van der Waals surface area (Å²) in [5, 5.41) is 2.44. The van der Waals surface area contributed by atoms with Gasteiger partial charge in [-0.1, -0.05) is 48.5 Å². The lowest BCUT2D eigenvalue weighted by molar-refractivity contribution is -0.120. The average molecular weight is 570 g/mol. The van der Waals surface area contributed by atoms with Gasteiger partial charge in [-0.15, -0.1) is 0 Å². The number of carbonyl (C=O) groups is 3. The minimum absolute atomic E-state index is 0.0282. The Bertz CT molecular complexity index is 2220.